The van der Waals surface area contributed by atoms with Crippen LogP contribution in [-0.4, -0.2) is 18.8 Å². The fraction of sp³-hybridized carbons (Fsp3) is 0.100. The summed E-state index contributed by atoms with van der Waals surface area (Å²) in [5.74, 6) is 0. The molecule has 0 N–H and O–H groups in total. The molecule has 2 nitrogen and oxygen atoms in total. The SMILES string of the molecule is C[n+]1ccn([Se]c2ccc(Cl)cc2)c1. The Balaban J connectivity index is 2.15. The second-order valence-electron chi connectivity index (χ2n) is 2.98. The molecule has 1 aromatic carbocycles. The summed E-state index contributed by atoms with van der Waals surface area (Å²) in [6.45, 7) is 0. The van der Waals surface area contributed by atoms with Gasteiger partial charge >= 0.3 is 94.4 Å². The van der Waals surface area contributed by atoms with Crippen molar-refractivity contribution in [1.29, 1.82) is 0 Å². The molecule has 1 heterocycles. The summed E-state index contributed by atoms with van der Waals surface area (Å²) in [6.07, 6.45) is 6.20. The first-order valence-electron chi connectivity index (χ1n) is 4.21. The van der Waals surface area contributed by atoms with E-state index in [0.717, 1.165) is 5.02 Å². The molecular formula is C10H10ClN2Se+. The second-order valence-corrected chi connectivity index (χ2v) is 5.68. The summed E-state index contributed by atoms with van der Waals surface area (Å²) in [5, 5.41) is 0.794. The Bertz CT molecular complexity index is 422. The van der Waals surface area contributed by atoms with Crippen molar-refractivity contribution in [1.82, 2.24) is 3.58 Å². The van der Waals surface area contributed by atoms with Crippen LogP contribution in [0.15, 0.2) is 43.0 Å². The molecular weight excluding hydrogens is 263 g/mol. The van der Waals surface area contributed by atoms with Crippen molar-refractivity contribution in [3.63, 3.8) is 0 Å². The van der Waals surface area contributed by atoms with Gasteiger partial charge in [-0.05, 0) is 0 Å². The minimum atomic E-state index is 0.311. The number of aryl methyl sites for hydroxylation is 1. The van der Waals surface area contributed by atoms with Gasteiger partial charge in [0.05, 0.1) is 0 Å². The van der Waals surface area contributed by atoms with Gasteiger partial charge in [0, 0.05) is 0 Å². The van der Waals surface area contributed by atoms with Crippen LogP contribution in [0, 0.1) is 0 Å². The molecule has 0 aliphatic carbocycles. The van der Waals surface area contributed by atoms with Crippen molar-refractivity contribution >= 4 is 31.2 Å². The third-order valence-corrected chi connectivity index (χ3v) is 3.93. The zero-order chi connectivity index (χ0) is 9.97. The Morgan fingerprint density at radius 2 is 2.00 bits per heavy atom. The van der Waals surface area contributed by atoms with Crippen LogP contribution < -0.4 is 9.03 Å². The molecule has 2 aromatic rings. The van der Waals surface area contributed by atoms with E-state index in [9.17, 15) is 0 Å². The molecule has 0 radical (unpaired) electrons. The molecule has 0 unspecified atom stereocenters. The van der Waals surface area contributed by atoms with Crippen molar-refractivity contribution in [3.8, 4) is 0 Å². The first-order valence-corrected chi connectivity index (χ1v) is 6.21. The molecule has 2 rings (SSSR count). The summed E-state index contributed by atoms with van der Waals surface area (Å²) < 4.78 is 5.55. The van der Waals surface area contributed by atoms with Gasteiger partial charge in [0.25, 0.3) is 0 Å². The van der Waals surface area contributed by atoms with E-state index in [2.05, 4.69) is 28.2 Å². The number of hydrogen-bond donors (Lipinski definition) is 0. The predicted molar refractivity (Wildman–Crippen MR) is 57.8 cm³/mol. The number of imidazole rings is 1. The standard InChI is InChI=1S/C10H10ClN2Se/c1-12-6-7-13(8-12)14-10-4-2-9(11)3-5-10/h2-8H,1H3/q+1. The Hall–Kier alpha value is -0.761. The van der Waals surface area contributed by atoms with Crippen LogP contribution in [0.3, 0.4) is 0 Å². The average molecular weight is 273 g/mol. The summed E-state index contributed by atoms with van der Waals surface area (Å²) in [5.41, 5.74) is 0. The molecule has 0 amide bonds. The number of nitrogens with zero attached hydrogens (tertiary/aromatic N) is 2. The van der Waals surface area contributed by atoms with E-state index in [1.165, 1.54) is 4.46 Å². The molecule has 0 aliphatic heterocycles. The van der Waals surface area contributed by atoms with E-state index in [4.69, 9.17) is 11.6 Å². The quantitative estimate of drug-likeness (QED) is 0.564. The zero-order valence-corrected chi connectivity index (χ0v) is 10.2. The molecule has 0 atom stereocenters. The van der Waals surface area contributed by atoms with E-state index in [1.807, 2.05) is 29.9 Å². The fourth-order valence-corrected chi connectivity index (χ4v) is 2.93. The average Bonchev–Trinajstić information content (AvgIpc) is 2.56. The number of hydrogen-bond acceptors (Lipinski definition) is 0. The van der Waals surface area contributed by atoms with Gasteiger partial charge in [0.2, 0.25) is 0 Å². The van der Waals surface area contributed by atoms with Crippen molar-refractivity contribution in [3.05, 3.63) is 48.0 Å². The monoisotopic (exact) mass is 273 g/mol. The normalized spacial score (nSPS) is 10.4. The maximum atomic E-state index is 5.81. The van der Waals surface area contributed by atoms with Gasteiger partial charge in [-0.3, -0.25) is 0 Å². The van der Waals surface area contributed by atoms with E-state index in [0.29, 0.717) is 15.2 Å². The Morgan fingerprint density at radius 3 is 2.57 bits per heavy atom. The van der Waals surface area contributed by atoms with Crippen LogP contribution >= 0.6 is 11.6 Å². The molecule has 0 saturated heterocycles. The number of aromatic nitrogens is 2. The van der Waals surface area contributed by atoms with E-state index in [-0.39, 0.29) is 0 Å². The summed E-state index contributed by atoms with van der Waals surface area (Å²) in [7, 11) is 2.02. The molecule has 0 fully saturated rings. The molecule has 14 heavy (non-hydrogen) atoms. The van der Waals surface area contributed by atoms with E-state index in [1.54, 1.807) is 0 Å². The van der Waals surface area contributed by atoms with Crippen molar-refractivity contribution in [2.45, 2.75) is 0 Å². The number of halogens is 1. The van der Waals surface area contributed by atoms with Gasteiger partial charge in [-0.25, -0.2) is 0 Å². The van der Waals surface area contributed by atoms with Crippen LogP contribution in [0.5, 0.6) is 0 Å². The second kappa shape index (κ2) is 4.18. The third kappa shape index (κ3) is 2.38. The molecule has 0 bridgehead atoms. The van der Waals surface area contributed by atoms with Gasteiger partial charge in [0.15, 0.2) is 0 Å². The molecule has 72 valence electrons. The molecule has 1 aromatic heterocycles. The molecule has 4 heteroatoms. The first kappa shape index (κ1) is 9.78. The van der Waals surface area contributed by atoms with E-state index >= 15 is 0 Å². The Morgan fingerprint density at radius 1 is 1.29 bits per heavy atom. The molecule has 0 spiro atoms. The third-order valence-electron chi connectivity index (χ3n) is 1.77. The van der Waals surface area contributed by atoms with Crippen LogP contribution in [0.1, 0.15) is 0 Å². The van der Waals surface area contributed by atoms with Gasteiger partial charge in [0.1, 0.15) is 0 Å². The van der Waals surface area contributed by atoms with Gasteiger partial charge in [-0.2, -0.15) is 0 Å². The van der Waals surface area contributed by atoms with Gasteiger partial charge in [-0.1, -0.05) is 0 Å². The topological polar surface area (TPSA) is 8.81 Å². The van der Waals surface area contributed by atoms with Crippen molar-refractivity contribution in [2.24, 2.45) is 7.05 Å². The predicted octanol–water partition coefficient (Wildman–Crippen LogP) is 0.759. The van der Waals surface area contributed by atoms with Crippen molar-refractivity contribution < 1.29 is 4.57 Å². The van der Waals surface area contributed by atoms with Gasteiger partial charge < -0.3 is 0 Å². The summed E-state index contributed by atoms with van der Waals surface area (Å²) in [4.78, 5) is 0. The fourth-order valence-electron chi connectivity index (χ4n) is 1.10. The van der Waals surface area contributed by atoms with Crippen LogP contribution in [0.4, 0.5) is 0 Å². The first-order chi connectivity index (χ1) is 6.74. The Kier molecular flexibility index (Phi) is 2.92. The van der Waals surface area contributed by atoms with Crippen LogP contribution in [0.25, 0.3) is 0 Å². The van der Waals surface area contributed by atoms with Crippen LogP contribution in [0.2, 0.25) is 5.02 Å². The van der Waals surface area contributed by atoms with Crippen LogP contribution in [-0.2, 0) is 7.05 Å². The molecule has 0 saturated carbocycles. The minimum absolute atomic E-state index is 0.311. The summed E-state index contributed by atoms with van der Waals surface area (Å²) >= 11 is 6.13. The number of benzene rings is 1. The van der Waals surface area contributed by atoms with Gasteiger partial charge in [-0.15, -0.1) is 0 Å². The Labute approximate surface area is 94.5 Å². The zero-order valence-electron chi connectivity index (χ0n) is 7.72. The maximum absolute atomic E-state index is 5.81. The summed E-state index contributed by atoms with van der Waals surface area (Å²) in [6, 6.07) is 8.01. The molecule has 0 aliphatic rings. The van der Waals surface area contributed by atoms with E-state index < -0.39 is 0 Å². The van der Waals surface area contributed by atoms with Crippen molar-refractivity contribution in [2.75, 3.05) is 0 Å². The number of rotatable bonds is 2.